The highest BCUT2D eigenvalue weighted by molar-refractivity contribution is 7.91. The lowest BCUT2D eigenvalue weighted by Crippen LogP contribution is -2.37. The molecule has 5 rings (SSSR count). The predicted octanol–water partition coefficient (Wildman–Crippen LogP) is 6.05. The van der Waals surface area contributed by atoms with Crippen molar-refractivity contribution in [2.75, 3.05) is 23.9 Å². The number of aliphatic hydroxyl groups is 1. The highest BCUT2D eigenvalue weighted by Gasteiger charge is 2.39. The second-order valence-electron chi connectivity index (χ2n) is 12.3. The minimum absolute atomic E-state index is 0.0283. The lowest BCUT2D eigenvalue weighted by molar-refractivity contribution is 0.294. The van der Waals surface area contributed by atoms with Gasteiger partial charge >= 0.3 is 10.2 Å². The van der Waals surface area contributed by atoms with Gasteiger partial charge in [0.1, 0.15) is 18.0 Å². The van der Waals surface area contributed by atoms with Crippen molar-refractivity contribution in [1.29, 1.82) is 0 Å². The van der Waals surface area contributed by atoms with Gasteiger partial charge in [0.25, 0.3) is 0 Å². The molecule has 0 spiro atoms. The molecule has 2 aliphatic rings. The Morgan fingerprint density at radius 1 is 1.00 bits per heavy atom. The van der Waals surface area contributed by atoms with E-state index in [9.17, 15) is 21.9 Å². The number of aliphatic hydroxyl groups excluding tert-OH is 1. The van der Waals surface area contributed by atoms with Crippen molar-refractivity contribution in [2.24, 2.45) is 5.92 Å². The molecule has 12 heteroatoms. The number of ether oxygens (including phenoxy) is 1. The molecule has 0 radical (unpaired) electrons. The second kappa shape index (κ2) is 12.8. The molecule has 1 unspecified atom stereocenters. The standard InChI is InChI=1S/C32H39N3O6S2Si/c1-44(2,3)21-20-34-32(36)24-35(43(34,39)40)30-17-16-26(22-31(30)41-25-28-10-6-4-7-11-28)14-15-27-18-19-33(23-27)42(37,38)29-12-8-5-9-13-29/h4-17,22,24,27,36H,18-21,23,25H2,1-3H3. The normalized spacial score (nSPS) is 19.1. The number of anilines is 1. The number of benzene rings is 3. The van der Waals surface area contributed by atoms with E-state index in [1.165, 1.54) is 10.5 Å². The third-order valence-electron chi connectivity index (χ3n) is 7.67. The van der Waals surface area contributed by atoms with Crippen LogP contribution in [0.1, 0.15) is 17.5 Å². The molecule has 2 heterocycles. The van der Waals surface area contributed by atoms with Gasteiger partial charge in [0.15, 0.2) is 0 Å². The van der Waals surface area contributed by atoms with Gasteiger partial charge in [-0.1, -0.05) is 86.4 Å². The molecule has 9 nitrogen and oxygen atoms in total. The minimum atomic E-state index is -4.05. The maximum atomic E-state index is 13.6. The third kappa shape index (κ3) is 7.20. The van der Waals surface area contributed by atoms with E-state index < -0.39 is 28.3 Å². The van der Waals surface area contributed by atoms with Crippen molar-refractivity contribution in [1.82, 2.24) is 8.61 Å². The van der Waals surface area contributed by atoms with Crippen molar-refractivity contribution in [3.05, 3.63) is 108 Å². The van der Waals surface area contributed by atoms with Crippen LogP contribution in [0.25, 0.3) is 6.08 Å². The van der Waals surface area contributed by atoms with E-state index in [-0.39, 0.29) is 29.8 Å². The van der Waals surface area contributed by atoms with E-state index in [0.29, 0.717) is 37.0 Å². The molecule has 0 saturated carbocycles. The predicted molar refractivity (Wildman–Crippen MR) is 177 cm³/mol. The Labute approximate surface area is 261 Å². The van der Waals surface area contributed by atoms with Crippen LogP contribution >= 0.6 is 0 Å². The molecular formula is C32H39N3O6S2Si. The first kappa shape index (κ1) is 31.8. The molecule has 3 aromatic carbocycles. The van der Waals surface area contributed by atoms with Gasteiger partial charge in [-0.25, -0.2) is 17.0 Å². The average molecular weight is 654 g/mol. The summed E-state index contributed by atoms with van der Waals surface area (Å²) in [4.78, 5) is 0.288. The third-order valence-corrected chi connectivity index (χ3v) is 13.0. The van der Waals surface area contributed by atoms with E-state index in [1.807, 2.05) is 42.5 Å². The van der Waals surface area contributed by atoms with Gasteiger partial charge in [0.05, 0.1) is 11.1 Å². The number of hydrogen-bond acceptors (Lipinski definition) is 6. The Bertz CT molecular complexity index is 1740. The SMILES string of the molecule is C[Si](C)(C)CCN1C(O)=CN(c2ccc(C=CC3CCN(S(=O)(=O)c4ccccc4)C3)cc2OCc2ccccc2)S1(=O)=O. The van der Waals surface area contributed by atoms with Gasteiger partial charge in [-0.3, -0.25) is 0 Å². The fraction of sp³-hybridized carbons (Fsp3) is 0.312. The Morgan fingerprint density at radius 3 is 2.36 bits per heavy atom. The molecule has 1 N–H and O–H groups in total. The zero-order valence-corrected chi connectivity index (χ0v) is 27.8. The first-order valence-corrected chi connectivity index (χ1v) is 21.2. The summed E-state index contributed by atoms with van der Waals surface area (Å²) in [6.45, 7) is 7.71. The summed E-state index contributed by atoms with van der Waals surface area (Å²) in [5.41, 5.74) is 1.99. The number of rotatable bonds is 11. The van der Waals surface area contributed by atoms with Crippen molar-refractivity contribution in [3.8, 4) is 5.75 Å². The summed E-state index contributed by atoms with van der Waals surface area (Å²) in [5, 5.41) is 10.6. The summed E-state index contributed by atoms with van der Waals surface area (Å²) in [5.74, 6) is 0.0495. The topological polar surface area (TPSA) is 107 Å². The van der Waals surface area contributed by atoms with Crippen LogP contribution in [0.15, 0.2) is 102 Å². The molecule has 0 bridgehead atoms. The highest BCUT2D eigenvalue weighted by Crippen LogP contribution is 2.38. The fourth-order valence-corrected chi connectivity index (χ4v) is 9.14. The minimum Gasteiger partial charge on any atom is -0.493 e. The molecule has 1 atom stereocenters. The second-order valence-corrected chi connectivity index (χ2v) is 21.5. The van der Waals surface area contributed by atoms with E-state index in [4.69, 9.17) is 4.74 Å². The lowest BCUT2D eigenvalue weighted by Gasteiger charge is -2.25. The first-order valence-electron chi connectivity index (χ1n) is 14.6. The van der Waals surface area contributed by atoms with Crippen LogP contribution in [-0.2, 0) is 26.8 Å². The van der Waals surface area contributed by atoms with E-state index in [1.54, 1.807) is 48.5 Å². The van der Waals surface area contributed by atoms with E-state index in [2.05, 4.69) is 19.6 Å². The van der Waals surface area contributed by atoms with Crippen LogP contribution in [0.2, 0.25) is 25.7 Å². The van der Waals surface area contributed by atoms with Gasteiger partial charge in [-0.2, -0.15) is 12.7 Å². The molecule has 0 aromatic heterocycles. The summed E-state index contributed by atoms with van der Waals surface area (Å²) in [6, 6.07) is 24.0. The van der Waals surface area contributed by atoms with E-state index >= 15 is 0 Å². The smallest absolute Gasteiger partial charge is 0.332 e. The van der Waals surface area contributed by atoms with Crippen LogP contribution in [0.5, 0.6) is 5.75 Å². The maximum Gasteiger partial charge on any atom is 0.332 e. The summed E-state index contributed by atoms with van der Waals surface area (Å²) in [7, 11) is -9.18. The summed E-state index contributed by atoms with van der Waals surface area (Å²) >= 11 is 0. The molecule has 1 saturated heterocycles. The van der Waals surface area contributed by atoms with Crippen molar-refractivity contribution >= 4 is 40.1 Å². The van der Waals surface area contributed by atoms with Crippen LogP contribution in [0.4, 0.5) is 5.69 Å². The van der Waals surface area contributed by atoms with Crippen molar-refractivity contribution in [2.45, 2.75) is 43.6 Å². The Hall–Kier alpha value is -3.58. The van der Waals surface area contributed by atoms with Gasteiger partial charge in [-0.05, 0) is 53.8 Å². The van der Waals surface area contributed by atoms with Crippen LogP contribution < -0.4 is 9.04 Å². The highest BCUT2D eigenvalue weighted by atomic mass is 32.2. The van der Waals surface area contributed by atoms with Crippen molar-refractivity contribution < 1.29 is 26.7 Å². The van der Waals surface area contributed by atoms with Crippen LogP contribution in [-0.4, -0.2) is 58.3 Å². The average Bonchev–Trinajstić information content (AvgIpc) is 3.56. The molecule has 0 aliphatic carbocycles. The van der Waals surface area contributed by atoms with Gasteiger partial charge < -0.3 is 9.84 Å². The monoisotopic (exact) mass is 653 g/mol. The largest absolute Gasteiger partial charge is 0.493 e. The molecule has 1 fully saturated rings. The van der Waals surface area contributed by atoms with Gasteiger partial charge in [0, 0.05) is 27.7 Å². The summed E-state index contributed by atoms with van der Waals surface area (Å²) in [6.07, 6.45) is 5.82. The molecule has 3 aromatic rings. The Balaban J connectivity index is 1.38. The number of sulfonamides is 1. The molecule has 44 heavy (non-hydrogen) atoms. The number of nitrogens with zero attached hydrogens (tertiary/aromatic N) is 3. The van der Waals surface area contributed by atoms with Gasteiger partial charge in [-0.15, -0.1) is 0 Å². The quantitative estimate of drug-likeness (QED) is 0.253. The molecular weight excluding hydrogens is 615 g/mol. The van der Waals surface area contributed by atoms with Crippen LogP contribution in [0, 0.1) is 5.92 Å². The summed E-state index contributed by atoms with van der Waals surface area (Å²) < 4.78 is 63.1. The molecule has 2 aliphatic heterocycles. The van der Waals surface area contributed by atoms with Crippen LogP contribution in [0.3, 0.4) is 0 Å². The zero-order chi connectivity index (χ0) is 31.5. The zero-order valence-electron chi connectivity index (χ0n) is 25.2. The maximum absolute atomic E-state index is 13.6. The Kier molecular flexibility index (Phi) is 9.26. The fourth-order valence-electron chi connectivity index (χ4n) is 5.11. The first-order chi connectivity index (χ1) is 20.8. The van der Waals surface area contributed by atoms with E-state index in [0.717, 1.165) is 19.7 Å². The van der Waals surface area contributed by atoms with Gasteiger partial charge in [0.2, 0.25) is 15.9 Å². The van der Waals surface area contributed by atoms with Crippen molar-refractivity contribution in [3.63, 3.8) is 0 Å². The Morgan fingerprint density at radius 2 is 1.68 bits per heavy atom. The lowest BCUT2D eigenvalue weighted by atomic mass is 10.1. The molecule has 234 valence electrons. The molecule has 0 amide bonds. The number of hydrogen-bond donors (Lipinski definition) is 1.